The Morgan fingerprint density at radius 3 is 2.74 bits per heavy atom. The van der Waals surface area contributed by atoms with Crippen molar-refractivity contribution in [2.24, 2.45) is 4.36 Å². The lowest BCUT2D eigenvalue weighted by Crippen LogP contribution is -2.40. The van der Waals surface area contributed by atoms with Crippen molar-refractivity contribution >= 4 is 21.3 Å². The highest BCUT2D eigenvalue weighted by Crippen LogP contribution is 2.40. The molecule has 0 N–H and O–H groups in total. The lowest BCUT2D eigenvalue weighted by atomic mass is 9.92. The Labute approximate surface area is 117 Å². The minimum absolute atomic E-state index is 0.380. The zero-order chi connectivity index (χ0) is 13.9. The highest BCUT2D eigenvalue weighted by molar-refractivity contribution is 7.94. The molecule has 7 heteroatoms. The van der Waals surface area contributed by atoms with Crippen LogP contribution in [0, 0.1) is 11.5 Å². The zero-order valence-electron chi connectivity index (χ0n) is 10.5. The third kappa shape index (κ3) is 2.59. The summed E-state index contributed by atoms with van der Waals surface area (Å²) in [5, 5.41) is 9.15. The van der Waals surface area contributed by atoms with Crippen molar-refractivity contribution in [3.8, 4) is 6.19 Å². The molecule has 0 aliphatic carbocycles. The van der Waals surface area contributed by atoms with Crippen LogP contribution in [0.25, 0.3) is 0 Å². The number of rotatable bonds is 2. The third-order valence-corrected chi connectivity index (χ3v) is 6.24. The first-order valence-corrected chi connectivity index (χ1v) is 8.11. The molecule has 1 atom stereocenters. The molecule has 19 heavy (non-hydrogen) atoms. The van der Waals surface area contributed by atoms with Crippen LogP contribution in [0.15, 0.2) is 22.7 Å². The minimum Gasteiger partial charge on any atom is -0.381 e. The molecule has 0 spiro atoms. The molecule has 0 bridgehead atoms. The largest absolute Gasteiger partial charge is 0.381 e. The molecule has 1 aliphatic heterocycles. The van der Waals surface area contributed by atoms with Crippen LogP contribution in [0.5, 0.6) is 0 Å². The summed E-state index contributed by atoms with van der Waals surface area (Å²) < 4.78 is 21.2. The van der Waals surface area contributed by atoms with Gasteiger partial charge in [-0.3, -0.25) is 0 Å². The van der Waals surface area contributed by atoms with E-state index in [1.807, 2.05) is 0 Å². The maximum absolute atomic E-state index is 12.8. The Hall–Kier alpha value is -1.16. The average molecular weight is 300 g/mol. The van der Waals surface area contributed by atoms with Crippen LogP contribution in [0.2, 0.25) is 5.15 Å². The molecule has 2 heterocycles. The van der Waals surface area contributed by atoms with E-state index in [2.05, 4.69) is 9.35 Å². The van der Waals surface area contributed by atoms with E-state index < -0.39 is 14.5 Å². The Balaban J connectivity index is 2.59. The molecule has 0 saturated carbocycles. The van der Waals surface area contributed by atoms with Gasteiger partial charge in [0.1, 0.15) is 5.15 Å². The van der Waals surface area contributed by atoms with Crippen LogP contribution in [0.3, 0.4) is 0 Å². The van der Waals surface area contributed by atoms with Crippen LogP contribution in [-0.4, -0.2) is 28.7 Å². The lowest BCUT2D eigenvalue weighted by Gasteiger charge is -2.37. The maximum Gasteiger partial charge on any atom is 0.214 e. The molecule has 1 aromatic heterocycles. The first-order valence-electron chi connectivity index (χ1n) is 5.81. The Bertz CT molecular complexity index is 609. The van der Waals surface area contributed by atoms with Crippen LogP contribution < -0.4 is 0 Å². The quantitative estimate of drug-likeness (QED) is 0.620. The molecule has 1 aliphatic rings. The van der Waals surface area contributed by atoms with Crippen molar-refractivity contribution in [3.05, 3.63) is 29.0 Å². The molecule has 0 radical (unpaired) electrons. The second-order valence-electron chi connectivity index (χ2n) is 4.47. The number of aromatic nitrogens is 1. The third-order valence-electron chi connectivity index (χ3n) is 3.49. The predicted molar refractivity (Wildman–Crippen MR) is 73.1 cm³/mol. The number of nitriles is 1. The summed E-state index contributed by atoms with van der Waals surface area (Å²) in [5.41, 5.74) is 0.798. The fourth-order valence-corrected chi connectivity index (χ4v) is 4.32. The topological polar surface area (TPSA) is 75.3 Å². The molecule has 0 amide bonds. The molecule has 2 rings (SSSR count). The van der Waals surface area contributed by atoms with E-state index in [4.69, 9.17) is 21.6 Å². The lowest BCUT2D eigenvalue weighted by molar-refractivity contribution is 0.0751. The van der Waals surface area contributed by atoms with E-state index in [-0.39, 0.29) is 0 Å². The highest BCUT2D eigenvalue weighted by Gasteiger charge is 2.42. The van der Waals surface area contributed by atoms with Gasteiger partial charge in [-0.2, -0.15) is 5.26 Å². The van der Waals surface area contributed by atoms with Gasteiger partial charge in [-0.15, -0.1) is 4.36 Å². The summed E-state index contributed by atoms with van der Waals surface area (Å²) in [5.74, 6) is 0. The van der Waals surface area contributed by atoms with Gasteiger partial charge >= 0.3 is 0 Å². The second-order valence-corrected chi connectivity index (χ2v) is 7.43. The fourth-order valence-electron chi connectivity index (χ4n) is 2.40. The van der Waals surface area contributed by atoms with Gasteiger partial charge in [0.2, 0.25) is 6.19 Å². The van der Waals surface area contributed by atoms with Gasteiger partial charge in [-0.1, -0.05) is 17.7 Å². The second kappa shape index (κ2) is 5.45. The molecular weight excluding hydrogens is 286 g/mol. The van der Waals surface area contributed by atoms with E-state index >= 15 is 0 Å². The Morgan fingerprint density at radius 2 is 2.21 bits per heavy atom. The van der Waals surface area contributed by atoms with Gasteiger partial charge in [0.15, 0.2) is 0 Å². The van der Waals surface area contributed by atoms with Crippen LogP contribution in [0.4, 0.5) is 0 Å². The monoisotopic (exact) mass is 299 g/mol. The van der Waals surface area contributed by atoms with Gasteiger partial charge < -0.3 is 4.74 Å². The van der Waals surface area contributed by atoms with Crippen molar-refractivity contribution in [2.45, 2.75) is 17.6 Å². The van der Waals surface area contributed by atoms with Gasteiger partial charge in [0, 0.05) is 25.7 Å². The van der Waals surface area contributed by atoms with E-state index in [9.17, 15) is 4.21 Å². The molecule has 0 aromatic carbocycles. The summed E-state index contributed by atoms with van der Waals surface area (Å²) in [6.07, 6.45) is 5.92. The van der Waals surface area contributed by atoms with E-state index in [0.717, 1.165) is 5.56 Å². The van der Waals surface area contributed by atoms with Gasteiger partial charge in [0.05, 0.1) is 14.5 Å². The molecule has 1 fully saturated rings. The number of halogens is 1. The van der Waals surface area contributed by atoms with Crippen LogP contribution in [-0.2, 0) is 19.2 Å². The summed E-state index contributed by atoms with van der Waals surface area (Å²) in [4.78, 5) is 4.05. The SMILES string of the molecule is CS(=O)(=NC#N)C1(c2ccc(Cl)nc2)CCOCC1. The molecule has 1 unspecified atom stereocenters. The van der Waals surface area contributed by atoms with Gasteiger partial charge in [-0.25, -0.2) is 9.19 Å². The van der Waals surface area contributed by atoms with Crippen molar-refractivity contribution in [3.63, 3.8) is 0 Å². The van der Waals surface area contributed by atoms with Crippen molar-refractivity contribution < 1.29 is 8.95 Å². The van der Waals surface area contributed by atoms with Crippen molar-refractivity contribution in [1.29, 1.82) is 5.26 Å². The normalized spacial score (nSPS) is 21.1. The molecule has 1 aromatic rings. The first kappa shape index (κ1) is 14.3. The Morgan fingerprint density at radius 1 is 1.53 bits per heavy atom. The van der Waals surface area contributed by atoms with Gasteiger partial charge in [0.25, 0.3) is 0 Å². The summed E-state index contributed by atoms with van der Waals surface area (Å²) in [7, 11) is -2.71. The average Bonchev–Trinajstić information content (AvgIpc) is 2.40. The smallest absolute Gasteiger partial charge is 0.214 e. The minimum atomic E-state index is -2.71. The number of hydrogen-bond donors (Lipinski definition) is 0. The number of pyridine rings is 1. The van der Waals surface area contributed by atoms with Crippen LogP contribution in [0.1, 0.15) is 18.4 Å². The number of nitrogens with zero attached hydrogens (tertiary/aromatic N) is 3. The molecule has 102 valence electrons. The summed E-state index contributed by atoms with van der Waals surface area (Å²) in [6, 6.07) is 3.46. The molecule has 5 nitrogen and oxygen atoms in total. The summed E-state index contributed by atoms with van der Waals surface area (Å²) in [6.45, 7) is 0.989. The molecule has 1 saturated heterocycles. The predicted octanol–water partition coefficient (Wildman–Crippen LogP) is 2.32. The van der Waals surface area contributed by atoms with E-state index in [0.29, 0.717) is 31.2 Å². The summed E-state index contributed by atoms with van der Waals surface area (Å²) >= 11 is 5.79. The standard InChI is InChI=1S/C12H14ClN3O2S/c1-19(17,16-9-14)12(4-6-18-7-5-12)10-2-3-11(13)15-8-10/h2-3,8H,4-7H2,1H3. The van der Waals surface area contributed by atoms with Crippen molar-refractivity contribution in [2.75, 3.05) is 19.5 Å². The van der Waals surface area contributed by atoms with Gasteiger partial charge in [-0.05, 0) is 24.5 Å². The maximum atomic E-state index is 12.8. The zero-order valence-corrected chi connectivity index (χ0v) is 12.1. The highest BCUT2D eigenvalue weighted by atomic mass is 35.5. The van der Waals surface area contributed by atoms with Crippen LogP contribution >= 0.6 is 11.6 Å². The Kier molecular flexibility index (Phi) is 4.09. The number of hydrogen-bond acceptors (Lipinski definition) is 5. The van der Waals surface area contributed by atoms with Crippen molar-refractivity contribution in [1.82, 2.24) is 4.98 Å². The first-order chi connectivity index (χ1) is 9.02. The molecular formula is C12H14ClN3O2S. The van der Waals surface area contributed by atoms with E-state index in [1.54, 1.807) is 24.5 Å². The number of ether oxygens (including phenoxy) is 1. The van der Waals surface area contributed by atoms with E-state index in [1.165, 1.54) is 6.26 Å². The fraction of sp³-hybridized carbons (Fsp3) is 0.500.